The normalized spacial score (nSPS) is 22.6. The van der Waals surface area contributed by atoms with Gasteiger partial charge in [-0.05, 0) is 47.9 Å². The van der Waals surface area contributed by atoms with Crippen LogP contribution in [0.2, 0.25) is 5.82 Å². The van der Waals surface area contributed by atoms with Gasteiger partial charge in [-0.3, -0.25) is 0 Å². The van der Waals surface area contributed by atoms with Gasteiger partial charge in [0.1, 0.15) is 7.85 Å². The average molecular weight is 262 g/mol. The Morgan fingerprint density at radius 3 is 2.25 bits per heavy atom. The van der Waals surface area contributed by atoms with Crippen LogP contribution in [0.1, 0.15) is 42.7 Å². The number of hydrogen-bond acceptors (Lipinski definition) is 0. The maximum atomic E-state index is 2.42. The standard InChI is InChI=1S/C19H23B/c1-14-13-17(15-7-10-18(20)11-8-15)9-12-19(14)16-5-3-2-4-6-16/h2-6,9,12-13,15,18H,7-8,10-11,20H2,1H3. The quantitative estimate of drug-likeness (QED) is 0.685. The highest BCUT2D eigenvalue weighted by Gasteiger charge is 2.20. The summed E-state index contributed by atoms with van der Waals surface area (Å²) in [5.74, 6) is 1.71. The van der Waals surface area contributed by atoms with Gasteiger partial charge in [-0.2, -0.15) is 0 Å². The van der Waals surface area contributed by atoms with Crippen molar-refractivity contribution >= 4 is 7.85 Å². The third-order valence-corrected chi connectivity index (χ3v) is 4.82. The fraction of sp³-hybridized carbons (Fsp3) is 0.368. The minimum atomic E-state index is 0.787. The van der Waals surface area contributed by atoms with E-state index in [-0.39, 0.29) is 0 Å². The summed E-state index contributed by atoms with van der Waals surface area (Å²) in [5.41, 5.74) is 5.66. The number of benzene rings is 2. The molecule has 1 heteroatoms. The largest absolute Gasteiger partial charge is 0.105 e. The van der Waals surface area contributed by atoms with Gasteiger partial charge in [-0.25, -0.2) is 0 Å². The maximum Gasteiger partial charge on any atom is 0.105 e. The second-order valence-electron chi connectivity index (χ2n) is 6.40. The molecule has 1 saturated carbocycles. The minimum absolute atomic E-state index is 0.787. The number of rotatable bonds is 2. The first-order chi connectivity index (χ1) is 9.74. The van der Waals surface area contributed by atoms with E-state index in [1.54, 1.807) is 5.56 Å². The molecule has 0 nitrogen and oxygen atoms in total. The van der Waals surface area contributed by atoms with Crippen LogP contribution >= 0.6 is 0 Å². The topological polar surface area (TPSA) is 0 Å². The molecule has 0 aromatic heterocycles. The van der Waals surface area contributed by atoms with Gasteiger partial charge < -0.3 is 0 Å². The van der Waals surface area contributed by atoms with Crippen LogP contribution in [0.4, 0.5) is 0 Å². The molecule has 2 aromatic rings. The van der Waals surface area contributed by atoms with Gasteiger partial charge in [-0.15, -0.1) is 0 Å². The Hall–Kier alpha value is -1.50. The van der Waals surface area contributed by atoms with E-state index in [4.69, 9.17) is 0 Å². The third kappa shape index (κ3) is 2.82. The zero-order valence-electron chi connectivity index (χ0n) is 12.6. The Morgan fingerprint density at radius 1 is 0.900 bits per heavy atom. The number of aryl methyl sites for hydroxylation is 1. The van der Waals surface area contributed by atoms with Crippen molar-refractivity contribution in [3.05, 3.63) is 59.7 Å². The lowest BCUT2D eigenvalue weighted by atomic mass is 9.70. The van der Waals surface area contributed by atoms with E-state index >= 15 is 0 Å². The summed E-state index contributed by atoms with van der Waals surface area (Å²) in [5, 5.41) is 0. The van der Waals surface area contributed by atoms with Gasteiger partial charge >= 0.3 is 0 Å². The second-order valence-corrected chi connectivity index (χ2v) is 6.40. The first kappa shape index (κ1) is 13.5. The highest BCUT2D eigenvalue weighted by atomic mass is 14.2. The SMILES string of the molecule is BC1CCC(c2ccc(-c3ccccc3)c(C)c2)CC1. The van der Waals surface area contributed by atoms with E-state index in [0.717, 1.165) is 11.7 Å². The van der Waals surface area contributed by atoms with Crippen molar-refractivity contribution in [1.29, 1.82) is 0 Å². The highest BCUT2D eigenvalue weighted by molar-refractivity contribution is 6.11. The first-order valence-electron chi connectivity index (χ1n) is 7.90. The maximum absolute atomic E-state index is 2.42. The Kier molecular flexibility index (Phi) is 3.96. The van der Waals surface area contributed by atoms with Gasteiger partial charge in [0.05, 0.1) is 0 Å². The van der Waals surface area contributed by atoms with Crippen LogP contribution in [-0.4, -0.2) is 7.85 Å². The summed E-state index contributed by atoms with van der Waals surface area (Å²) < 4.78 is 0. The number of hydrogen-bond donors (Lipinski definition) is 0. The summed E-state index contributed by atoms with van der Waals surface area (Å²) in [6.07, 6.45) is 5.52. The molecule has 0 radical (unpaired) electrons. The summed E-state index contributed by atoms with van der Waals surface area (Å²) in [4.78, 5) is 0. The van der Waals surface area contributed by atoms with Crippen LogP contribution in [0.3, 0.4) is 0 Å². The van der Waals surface area contributed by atoms with E-state index in [1.807, 2.05) is 0 Å². The molecular weight excluding hydrogens is 239 g/mol. The van der Waals surface area contributed by atoms with Crippen molar-refractivity contribution in [3.63, 3.8) is 0 Å². The predicted molar refractivity (Wildman–Crippen MR) is 90.1 cm³/mol. The molecule has 0 unspecified atom stereocenters. The monoisotopic (exact) mass is 262 g/mol. The predicted octanol–water partition coefficient (Wildman–Crippen LogP) is 4.74. The van der Waals surface area contributed by atoms with Crippen molar-refractivity contribution in [2.45, 2.75) is 44.3 Å². The van der Waals surface area contributed by atoms with E-state index in [2.05, 4.69) is 63.3 Å². The van der Waals surface area contributed by atoms with Gasteiger partial charge in [0, 0.05) is 0 Å². The molecule has 0 saturated heterocycles. The average Bonchev–Trinajstić information content (AvgIpc) is 2.49. The van der Waals surface area contributed by atoms with E-state index in [1.165, 1.54) is 42.4 Å². The molecule has 1 aliphatic rings. The smallest absolute Gasteiger partial charge is 0.0697 e. The first-order valence-corrected chi connectivity index (χ1v) is 7.90. The van der Waals surface area contributed by atoms with Gasteiger partial charge in [0.15, 0.2) is 0 Å². The molecule has 0 N–H and O–H groups in total. The van der Waals surface area contributed by atoms with Gasteiger partial charge in [0.2, 0.25) is 0 Å². The van der Waals surface area contributed by atoms with E-state index < -0.39 is 0 Å². The lowest BCUT2D eigenvalue weighted by Crippen LogP contribution is -2.09. The van der Waals surface area contributed by atoms with Crippen LogP contribution in [0.15, 0.2) is 48.5 Å². The van der Waals surface area contributed by atoms with Crippen molar-refractivity contribution < 1.29 is 0 Å². The van der Waals surface area contributed by atoms with E-state index in [9.17, 15) is 0 Å². The third-order valence-electron chi connectivity index (χ3n) is 4.82. The molecule has 0 amide bonds. The second kappa shape index (κ2) is 5.87. The van der Waals surface area contributed by atoms with Crippen molar-refractivity contribution in [2.24, 2.45) is 0 Å². The van der Waals surface area contributed by atoms with Crippen LogP contribution < -0.4 is 0 Å². The molecule has 1 fully saturated rings. The molecule has 0 bridgehead atoms. The highest BCUT2D eigenvalue weighted by Crippen LogP contribution is 2.38. The Bertz CT molecular complexity index is 566. The summed E-state index contributed by atoms with van der Waals surface area (Å²) in [6, 6.07) is 17.8. The molecule has 0 aliphatic heterocycles. The molecule has 20 heavy (non-hydrogen) atoms. The molecule has 0 atom stereocenters. The Balaban J connectivity index is 1.84. The lowest BCUT2D eigenvalue weighted by molar-refractivity contribution is 0.444. The molecule has 102 valence electrons. The molecular formula is C19H23B. The van der Waals surface area contributed by atoms with Crippen molar-refractivity contribution in [3.8, 4) is 11.1 Å². The minimum Gasteiger partial charge on any atom is -0.0697 e. The molecule has 2 aromatic carbocycles. The molecule has 0 spiro atoms. The van der Waals surface area contributed by atoms with Crippen molar-refractivity contribution in [1.82, 2.24) is 0 Å². The zero-order valence-corrected chi connectivity index (χ0v) is 12.6. The van der Waals surface area contributed by atoms with E-state index in [0.29, 0.717) is 0 Å². The fourth-order valence-corrected chi connectivity index (χ4v) is 3.48. The summed E-state index contributed by atoms with van der Waals surface area (Å²) >= 11 is 0. The fourth-order valence-electron chi connectivity index (χ4n) is 3.48. The molecule has 0 heterocycles. The van der Waals surface area contributed by atoms with Gasteiger partial charge in [0.25, 0.3) is 0 Å². The van der Waals surface area contributed by atoms with Crippen molar-refractivity contribution in [2.75, 3.05) is 0 Å². The molecule has 1 aliphatic carbocycles. The summed E-state index contributed by atoms with van der Waals surface area (Å²) in [6.45, 7) is 2.25. The Labute approximate surface area is 123 Å². The summed E-state index contributed by atoms with van der Waals surface area (Å²) in [7, 11) is 2.39. The molecule has 3 rings (SSSR count). The van der Waals surface area contributed by atoms with Crippen LogP contribution in [0.25, 0.3) is 11.1 Å². The van der Waals surface area contributed by atoms with Crippen LogP contribution in [0, 0.1) is 6.92 Å². The van der Waals surface area contributed by atoms with Crippen LogP contribution in [0.5, 0.6) is 0 Å². The Morgan fingerprint density at radius 2 is 1.60 bits per heavy atom. The van der Waals surface area contributed by atoms with Gasteiger partial charge in [-0.1, -0.05) is 67.2 Å². The zero-order chi connectivity index (χ0) is 13.9. The lowest BCUT2D eigenvalue weighted by Gasteiger charge is -2.27. The van der Waals surface area contributed by atoms with Crippen LogP contribution in [-0.2, 0) is 0 Å².